The van der Waals surface area contributed by atoms with Gasteiger partial charge in [0.1, 0.15) is 5.82 Å². The molecule has 1 heterocycles. The maximum absolute atomic E-state index is 4.96. The fourth-order valence-electron chi connectivity index (χ4n) is 3.68. The Kier molecular flexibility index (Phi) is 4.26. The van der Waals surface area contributed by atoms with Crippen LogP contribution >= 0.6 is 0 Å². The summed E-state index contributed by atoms with van der Waals surface area (Å²) >= 11 is 0. The van der Waals surface area contributed by atoms with Gasteiger partial charge in [-0.2, -0.15) is 0 Å². The van der Waals surface area contributed by atoms with Gasteiger partial charge < -0.3 is 4.98 Å². The van der Waals surface area contributed by atoms with Gasteiger partial charge in [0.25, 0.3) is 0 Å². The molecule has 0 aliphatic heterocycles. The van der Waals surface area contributed by atoms with Crippen molar-refractivity contribution in [1.82, 2.24) is 9.97 Å². The number of nitrogens with zero attached hydrogens (tertiary/aromatic N) is 1. The zero-order chi connectivity index (χ0) is 17.1. The third-order valence-electron chi connectivity index (χ3n) is 5.19. The van der Waals surface area contributed by atoms with Crippen molar-refractivity contribution in [2.45, 2.75) is 66.2 Å². The highest BCUT2D eigenvalue weighted by atomic mass is 15.0. The van der Waals surface area contributed by atoms with Crippen LogP contribution in [0.25, 0.3) is 22.0 Å². The molecule has 0 spiro atoms. The number of nitrogens with one attached hydrogen (secondary N) is 1. The predicted molar refractivity (Wildman–Crippen MR) is 108 cm³/mol. The first-order chi connectivity index (χ1) is 11.3. The predicted octanol–water partition coefficient (Wildman–Crippen LogP) is 6.39. The number of hydrogen-bond acceptors (Lipinski definition) is 1. The number of aromatic nitrogens is 2. The van der Waals surface area contributed by atoms with Gasteiger partial charge >= 0.3 is 0 Å². The van der Waals surface area contributed by atoms with Gasteiger partial charge in [0, 0.05) is 16.7 Å². The van der Waals surface area contributed by atoms with Crippen LogP contribution in [0.3, 0.4) is 0 Å². The molecular formula is C23H30N2. The van der Waals surface area contributed by atoms with Gasteiger partial charge in [0.2, 0.25) is 0 Å². The number of aromatic amines is 1. The maximum Gasteiger partial charge on any atom is 0.112 e. The highest BCUT2D eigenvalue weighted by Gasteiger charge is 2.26. The second kappa shape index (κ2) is 6.01. The SMILES string of the molecule is C.CC(C)c1ccc2c3c(ccc2c1)-c1nc(C(C)(C)C)[nH]c1CC3. The summed E-state index contributed by atoms with van der Waals surface area (Å²) in [5.41, 5.74) is 6.70. The van der Waals surface area contributed by atoms with Crippen LogP contribution in [0.5, 0.6) is 0 Å². The Hall–Kier alpha value is -2.09. The number of H-pyrrole nitrogens is 1. The third-order valence-corrected chi connectivity index (χ3v) is 5.19. The fraction of sp³-hybridized carbons (Fsp3) is 0.435. The minimum Gasteiger partial charge on any atom is -0.345 e. The molecule has 0 unspecified atom stereocenters. The first-order valence-electron chi connectivity index (χ1n) is 9.00. The number of imidazole rings is 1. The van der Waals surface area contributed by atoms with Crippen LogP contribution in [0.1, 0.15) is 70.6 Å². The van der Waals surface area contributed by atoms with Crippen LogP contribution < -0.4 is 0 Å². The second-order valence-corrected chi connectivity index (χ2v) is 8.39. The number of hydrogen-bond donors (Lipinski definition) is 1. The van der Waals surface area contributed by atoms with Crippen molar-refractivity contribution in [2.24, 2.45) is 0 Å². The zero-order valence-corrected chi connectivity index (χ0v) is 15.3. The summed E-state index contributed by atoms with van der Waals surface area (Å²) < 4.78 is 0. The smallest absolute Gasteiger partial charge is 0.112 e. The van der Waals surface area contributed by atoms with Crippen molar-refractivity contribution < 1.29 is 0 Å². The van der Waals surface area contributed by atoms with E-state index in [1.54, 1.807) is 0 Å². The fourth-order valence-corrected chi connectivity index (χ4v) is 3.68. The molecule has 3 aromatic rings. The molecule has 1 aliphatic rings. The number of fused-ring (bicyclic) bond motifs is 5. The zero-order valence-electron chi connectivity index (χ0n) is 15.3. The first kappa shape index (κ1) is 17.7. The molecule has 1 aliphatic carbocycles. The van der Waals surface area contributed by atoms with E-state index in [1.165, 1.54) is 33.2 Å². The van der Waals surface area contributed by atoms with E-state index in [4.69, 9.17) is 4.98 Å². The Bertz CT molecular complexity index is 923. The minimum atomic E-state index is 0. The highest BCUT2D eigenvalue weighted by molar-refractivity contribution is 5.93. The molecule has 0 saturated carbocycles. The van der Waals surface area contributed by atoms with Crippen LogP contribution in [0.2, 0.25) is 0 Å². The van der Waals surface area contributed by atoms with E-state index < -0.39 is 0 Å². The number of rotatable bonds is 1. The maximum atomic E-state index is 4.96. The van der Waals surface area contributed by atoms with Crippen LogP contribution in [-0.2, 0) is 18.3 Å². The molecule has 0 radical (unpaired) electrons. The lowest BCUT2D eigenvalue weighted by atomic mass is 9.87. The Balaban J connectivity index is 0.00000182. The van der Waals surface area contributed by atoms with Crippen molar-refractivity contribution in [1.29, 1.82) is 0 Å². The van der Waals surface area contributed by atoms with Crippen molar-refractivity contribution in [3.63, 3.8) is 0 Å². The Morgan fingerprint density at radius 2 is 1.80 bits per heavy atom. The summed E-state index contributed by atoms with van der Waals surface area (Å²) in [5.74, 6) is 1.66. The Morgan fingerprint density at radius 1 is 1.04 bits per heavy atom. The summed E-state index contributed by atoms with van der Waals surface area (Å²) in [6.45, 7) is 11.2. The quantitative estimate of drug-likeness (QED) is 0.549. The van der Waals surface area contributed by atoms with E-state index in [1.807, 2.05) is 0 Å². The summed E-state index contributed by atoms with van der Waals surface area (Å²) in [4.78, 5) is 8.54. The van der Waals surface area contributed by atoms with Gasteiger partial charge in [0.15, 0.2) is 0 Å². The molecule has 0 saturated heterocycles. The van der Waals surface area contributed by atoms with Gasteiger partial charge in [-0.15, -0.1) is 0 Å². The van der Waals surface area contributed by atoms with Crippen LogP contribution in [-0.4, -0.2) is 9.97 Å². The van der Waals surface area contributed by atoms with Gasteiger partial charge in [-0.05, 0) is 40.7 Å². The van der Waals surface area contributed by atoms with Crippen molar-refractivity contribution in [3.8, 4) is 11.3 Å². The molecule has 1 N–H and O–H groups in total. The molecular weight excluding hydrogens is 304 g/mol. The first-order valence-corrected chi connectivity index (χ1v) is 9.00. The van der Waals surface area contributed by atoms with Gasteiger partial charge in [-0.1, -0.05) is 72.4 Å². The average Bonchev–Trinajstić information content (AvgIpc) is 2.98. The molecule has 4 rings (SSSR count). The second-order valence-electron chi connectivity index (χ2n) is 8.39. The molecule has 0 bridgehead atoms. The van der Waals surface area contributed by atoms with Crippen molar-refractivity contribution in [3.05, 3.63) is 53.0 Å². The summed E-state index contributed by atoms with van der Waals surface area (Å²) in [6.07, 6.45) is 2.14. The van der Waals surface area contributed by atoms with E-state index in [9.17, 15) is 0 Å². The lowest BCUT2D eigenvalue weighted by Gasteiger charge is -2.18. The van der Waals surface area contributed by atoms with Crippen molar-refractivity contribution in [2.75, 3.05) is 0 Å². The largest absolute Gasteiger partial charge is 0.345 e. The van der Waals surface area contributed by atoms with Gasteiger partial charge in [-0.3, -0.25) is 0 Å². The van der Waals surface area contributed by atoms with Gasteiger partial charge in [-0.25, -0.2) is 4.98 Å². The van der Waals surface area contributed by atoms with Crippen LogP contribution in [0, 0.1) is 0 Å². The molecule has 2 heteroatoms. The Labute approximate surface area is 151 Å². The molecule has 0 atom stereocenters. The average molecular weight is 335 g/mol. The molecule has 132 valence electrons. The molecule has 0 amide bonds. The standard InChI is InChI=1S/C22H26N2.CH4/c1-13(2)14-6-8-16-15(12-14)7-9-18-17(16)10-11-19-20(18)24-21(23-19)22(3,4)5;/h6-9,12-13H,10-11H2,1-5H3,(H,23,24);1H4. The van der Waals surface area contributed by atoms with Crippen LogP contribution in [0.4, 0.5) is 0 Å². The van der Waals surface area contributed by atoms with E-state index in [0.29, 0.717) is 5.92 Å². The highest BCUT2D eigenvalue weighted by Crippen LogP contribution is 2.38. The monoisotopic (exact) mass is 334 g/mol. The molecule has 2 nitrogen and oxygen atoms in total. The summed E-state index contributed by atoms with van der Waals surface area (Å²) in [7, 11) is 0. The van der Waals surface area contributed by atoms with Crippen molar-refractivity contribution >= 4 is 10.8 Å². The van der Waals surface area contributed by atoms with Gasteiger partial charge in [0.05, 0.1) is 5.69 Å². The Morgan fingerprint density at radius 3 is 2.48 bits per heavy atom. The van der Waals surface area contributed by atoms with E-state index in [0.717, 1.165) is 24.4 Å². The lowest BCUT2D eigenvalue weighted by molar-refractivity contribution is 0.551. The molecule has 1 aromatic heterocycles. The topological polar surface area (TPSA) is 28.7 Å². The van der Waals surface area contributed by atoms with Crippen LogP contribution in [0.15, 0.2) is 30.3 Å². The normalized spacial score (nSPS) is 13.5. The summed E-state index contributed by atoms with van der Waals surface area (Å²) in [5, 5.41) is 2.75. The molecule has 0 fully saturated rings. The minimum absolute atomic E-state index is 0. The van der Waals surface area contributed by atoms with E-state index >= 15 is 0 Å². The number of benzene rings is 2. The molecule has 2 aromatic carbocycles. The lowest BCUT2D eigenvalue weighted by Crippen LogP contribution is -2.13. The van der Waals surface area contributed by atoms with E-state index in [2.05, 4.69) is 69.9 Å². The third kappa shape index (κ3) is 2.88. The number of aryl methyl sites for hydroxylation is 2. The summed E-state index contributed by atoms with van der Waals surface area (Å²) in [6, 6.07) is 11.5. The molecule has 25 heavy (non-hydrogen) atoms. The van der Waals surface area contributed by atoms with E-state index in [-0.39, 0.29) is 12.8 Å².